The van der Waals surface area contributed by atoms with Crippen molar-refractivity contribution in [2.75, 3.05) is 11.1 Å². The van der Waals surface area contributed by atoms with Crippen molar-refractivity contribution in [3.63, 3.8) is 0 Å². The molecule has 2 aromatic rings. The van der Waals surface area contributed by atoms with Crippen molar-refractivity contribution in [3.05, 3.63) is 50.7 Å². The number of halogens is 2. The molecule has 1 heterocycles. The first kappa shape index (κ1) is 14.0. The van der Waals surface area contributed by atoms with Gasteiger partial charge in [-0.15, -0.1) is 0 Å². The molecule has 1 amide bonds. The normalized spacial score (nSPS) is 10.3. The molecule has 0 unspecified atom stereocenters. The van der Waals surface area contributed by atoms with Gasteiger partial charge in [0.2, 0.25) is 0 Å². The second-order valence-corrected chi connectivity index (χ2v) is 5.62. The van der Waals surface area contributed by atoms with Crippen LogP contribution in [-0.4, -0.2) is 10.9 Å². The average molecular weight is 385 g/mol. The van der Waals surface area contributed by atoms with Crippen molar-refractivity contribution in [1.82, 2.24) is 4.98 Å². The van der Waals surface area contributed by atoms with Gasteiger partial charge in [0.1, 0.15) is 4.60 Å². The Kier molecular flexibility index (Phi) is 4.21. The number of rotatable bonds is 2. The van der Waals surface area contributed by atoms with Crippen LogP contribution in [0.1, 0.15) is 16.1 Å². The first-order valence-electron chi connectivity index (χ1n) is 5.47. The van der Waals surface area contributed by atoms with Crippen LogP contribution in [-0.2, 0) is 0 Å². The monoisotopic (exact) mass is 383 g/mol. The molecule has 3 N–H and O–H groups in total. The third-order valence-electron chi connectivity index (χ3n) is 2.56. The highest BCUT2D eigenvalue weighted by atomic mass is 79.9. The average Bonchev–Trinajstić information content (AvgIpc) is 2.36. The van der Waals surface area contributed by atoms with Crippen LogP contribution in [0.5, 0.6) is 0 Å². The fourth-order valence-corrected chi connectivity index (χ4v) is 2.30. The van der Waals surface area contributed by atoms with E-state index in [1.807, 2.05) is 6.92 Å². The number of nitrogens with one attached hydrogen (secondary N) is 1. The molecule has 0 radical (unpaired) electrons. The van der Waals surface area contributed by atoms with E-state index >= 15 is 0 Å². The summed E-state index contributed by atoms with van der Waals surface area (Å²) in [6, 6.07) is 8.63. The SMILES string of the molecule is Cc1nc(Br)ccc1NC(=O)c1ccc(N)c(Br)c1. The molecule has 0 spiro atoms. The Labute approximate surface area is 127 Å². The number of nitrogens with zero attached hydrogens (tertiary/aromatic N) is 1. The maximum atomic E-state index is 12.1. The predicted octanol–water partition coefficient (Wildman–Crippen LogP) is 3.75. The molecular weight excluding hydrogens is 374 g/mol. The van der Waals surface area contributed by atoms with Gasteiger partial charge in [-0.2, -0.15) is 0 Å². The number of aryl methyl sites for hydroxylation is 1. The number of pyridine rings is 1. The van der Waals surface area contributed by atoms with Crippen LogP contribution in [0.25, 0.3) is 0 Å². The Morgan fingerprint density at radius 2 is 2.00 bits per heavy atom. The minimum Gasteiger partial charge on any atom is -0.398 e. The maximum absolute atomic E-state index is 12.1. The largest absolute Gasteiger partial charge is 0.398 e. The summed E-state index contributed by atoms with van der Waals surface area (Å²) in [6.07, 6.45) is 0. The number of carbonyl (C=O) groups excluding carboxylic acids is 1. The fourth-order valence-electron chi connectivity index (χ4n) is 1.53. The number of hydrogen-bond donors (Lipinski definition) is 2. The van der Waals surface area contributed by atoms with Crippen LogP contribution in [0.2, 0.25) is 0 Å². The van der Waals surface area contributed by atoms with E-state index in [1.165, 1.54) is 0 Å². The quantitative estimate of drug-likeness (QED) is 0.612. The summed E-state index contributed by atoms with van der Waals surface area (Å²) >= 11 is 6.58. The standard InChI is InChI=1S/C13H11Br2N3O/c1-7-11(4-5-12(15)17-7)18-13(19)8-2-3-10(16)9(14)6-8/h2-6H,16H2,1H3,(H,18,19). The highest BCUT2D eigenvalue weighted by Crippen LogP contribution is 2.22. The third-order valence-corrected chi connectivity index (χ3v) is 3.69. The molecular formula is C13H11Br2N3O. The van der Waals surface area contributed by atoms with Crippen molar-refractivity contribution in [1.29, 1.82) is 0 Å². The van der Waals surface area contributed by atoms with Gasteiger partial charge in [0.25, 0.3) is 5.91 Å². The first-order chi connectivity index (χ1) is 8.97. The van der Waals surface area contributed by atoms with Crippen molar-refractivity contribution < 1.29 is 4.79 Å². The molecule has 1 aromatic carbocycles. The lowest BCUT2D eigenvalue weighted by Gasteiger charge is -2.09. The maximum Gasteiger partial charge on any atom is 0.255 e. The van der Waals surface area contributed by atoms with Crippen LogP contribution < -0.4 is 11.1 Å². The lowest BCUT2D eigenvalue weighted by atomic mass is 10.2. The number of amides is 1. The Hall–Kier alpha value is -1.40. The van der Waals surface area contributed by atoms with Gasteiger partial charge < -0.3 is 11.1 Å². The van der Waals surface area contributed by atoms with Crippen LogP contribution in [0, 0.1) is 6.92 Å². The van der Waals surface area contributed by atoms with E-state index in [4.69, 9.17) is 5.73 Å². The molecule has 2 rings (SSSR count). The molecule has 6 heteroatoms. The van der Waals surface area contributed by atoms with Gasteiger partial charge >= 0.3 is 0 Å². The smallest absolute Gasteiger partial charge is 0.255 e. The number of nitrogen functional groups attached to an aromatic ring is 1. The molecule has 4 nitrogen and oxygen atoms in total. The summed E-state index contributed by atoms with van der Waals surface area (Å²) < 4.78 is 1.43. The summed E-state index contributed by atoms with van der Waals surface area (Å²) in [7, 11) is 0. The second kappa shape index (κ2) is 5.71. The van der Waals surface area contributed by atoms with Crippen LogP contribution in [0.3, 0.4) is 0 Å². The molecule has 0 atom stereocenters. The molecule has 0 saturated carbocycles. The molecule has 1 aromatic heterocycles. The fraction of sp³-hybridized carbons (Fsp3) is 0.0769. The van der Waals surface area contributed by atoms with E-state index in [1.54, 1.807) is 30.3 Å². The molecule has 0 saturated heterocycles. The van der Waals surface area contributed by atoms with Gasteiger partial charge in [-0.3, -0.25) is 4.79 Å². The zero-order valence-corrected chi connectivity index (χ0v) is 13.2. The highest BCUT2D eigenvalue weighted by molar-refractivity contribution is 9.10. The number of aromatic nitrogens is 1. The van der Waals surface area contributed by atoms with Gasteiger partial charge in [0, 0.05) is 15.7 Å². The number of hydrogen-bond acceptors (Lipinski definition) is 3. The van der Waals surface area contributed by atoms with E-state index < -0.39 is 0 Å². The van der Waals surface area contributed by atoms with Crippen molar-refractivity contribution in [3.8, 4) is 0 Å². The molecule has 0 aliphatic heterocycles. The highest BCUT2D eigenvalue weighted by Gasteiger charge is 2.09. The number of benzene rings is 1. The zero-order valence-electron chi connectivity index (χ0n) is 10.1. The molecule has 19 heavy (non-hydrogen) atoms. The minimum absolute atomic E-state index is 0.201. The van der Waals surface area contributed by atoms with Crippen LogP contribution in [0.4, 0.5) is 11.4 Å². The van der Waals surface area contributed by atoms with Gasteiger partial charge in [0.05, 0.1) is 11.4 Å². The lowest BCUT2D eigenvalue weighted by molar-refractivity contribution is 0.102. The molecule has 0 fully saturated rings. The molecule has 0 bridgehead atoms. The van der Waals surface area contributed by atoms with E-state index in [0.717, 1.165) is 10.3 Å². The Morgan fingerprint density at radius 3 is 2.63 bits per heavy atom. The summed E-state index contributed by atoms with van der Waals surface area (Å²) in [6.45, 7) is 1.83. The van der Waals surface area contributed by atoms with Gasteiger partial charge in [-0.1, -0.05) is 0 Å². The second-order valence-electron chi connectivity index (χ2n) is 3.96. The number of carbonyl (C=O) groups is 1. The van der Waals surface area contributed by atoms with E-state index in [2.05, 4.69) is 42.2 Å². The van der Waals surface area contributed by atoms with Crippen molar-refractivity contribution >= 4 is 49.1 Å². The number of nitrogens with two attached hydrogens (primary N) is 1. The molecule has 0 aliphatic carbocycles. The minimum atomic E-state index is -0.201. The predicted molar refractivity (Wildman–Crippen MR) is 83.2 cm³/mol. The summed E-state index contributed by atoms with van der Waals surface area (Å²) in [5, 5.41) is 2.82. The van der Waals surface area contributed by atoms with Gasteiger partial charge in [-0.25, -0.2) is 4.98 Å². The Balaban J connectivity index is 2.23. The summed E-state index contributed by atoms with van der Waals surface area (Å²) in [5.74, 6) is -0.201. The van der Waals surface area contributed by atoms with Gasteiger partial charge in [0.15, 0.2) is 0 Å². The third kappa shape index (κ3) is 3.33. The lowest BCUT2D eigenvalue weighted by Crippen LogP contribution is -2.13. The van der Waals surface area contributed by atoms with Crippen molar-refractivity contribution in [2.24, 2.45) is 0 Å². The first-order valence-corrected chi connectivity index (χ1v) is 7.05. The van der Waals surface area contributed by atoms with E-state index in [-0.39, 0.29) is 5.91 Å². The molecule has 98 valence electrons. The molecule has 0 aliphatic rings. The van der Waals surface area contributed by atoms with Crippen LogP contribution in [0.15, 0.2) is 39.4 Å². The van der Waals surface area contributed by atoms with Gasteiger partial charge in [-0.05, 0) is 69.1 Å². The number of anilines is 2. The van der Waals surface area contributed by atoms with E-state index in [9.17, 15) is 4.79 Å². The Morgan fingerprint density at radius 1 is 1.26 bits per heavy atom. The van der Waals surface area contributed by atoms with Crippen molar-refractivity contribution in [2.45, 2.75) is 6.92 Å². The topological polar surface area (TPSA) is 68.0 Å². The zero-order chi connectivity index (χ0) is 14.0. The van der Waals surface area contributed by atoms with E-state index in [0.29, 0.717) is 21.4 Å². The Bertz CT molecular complexity index is 644. The van der Waals surface area contributed by atoms with Crippen LogP contribution >= 0.6 is 31.9 Å². The summed E-state index contributed by atoms with van der Waals surface area (Å²) in [4.78, 5) is 16.3. The summed E-state index contributed by atoms with van der Waals surface area (Å²) in [5.41, 5.74) is 8.24.